The Hall–Kier alpha value is -2.30. The number of carboxylic acid groups (broad SMARTS) is 1. The summed E-state index contributed by atoms with van der Waals surface area (Å²) in [4.78, 5) is 22.0. The van der Waals surface area contributed by atoms with Crippen LogP contribution in [0.1, 0.15) is 17.5 Å². The summed E-state index contributed by atoms with van der Waals surface area (Å²) in [5.74, 6) is -2.18. The average molecular weight is 248 g/mol. The number of carbonyl (C=O) groups excluding carboxylic acids is 1. The van der Waals surface area contributed by atoms with E-state index in [0.717, 1.165) is 5.56 Å². The van der Waals surface area contributed by atoms with Gasteiger partial charge in [-0.1, -0.05) is 0 Å². The number of aliphatic carboxylic acids is 1. The number of Topliss-reactive ketones (excluding diaryl/α,β-unsaturated/α-hetero) is 1. The number of rotatable bonds is 3. The van der Waals surface area contributed by atoms with Gasteiger partial charge in [-0.25, -0.2) is 4.79 Å². The third-order valence-electron chi connectivity index (χ3n) is 2.97. The van der Waals surface area contributed by atoms with Gasteiger partial charge < -0.3 is 14.9 Å². The quantitative estimate of drug-likeness (QED) is 0.793. The molecule has 5 nitrogen and oxygen atoms in total. The molecule has 2 N–H and O–H groups in total. The number of aliphatic hydroxyl groups excluding tert-OH is 1. The zero-order valence-electron chi connectivity index (χ0n) is 9.77. The molecule has 1 aromatic carbocycles. The number of carboxylic acids is 1. The zero-order valence-corrected chi connectivity index (χ0v) is 9.77. The van der Waals surface area contributed by atoms with E-state index in [0.29, 0.717) is 17.7 Å². The van der Waals surface area contributed by atoms with E-state index < -0.39 is 11.8 Å². The van der Waals surface area contributed by atoms with E-state index >= 15 is 0 Å². The maximum absolute atomic E-state index is 11.4. The third kappa shape index (κ3) is 1.95. The standard InChI is InChI=1S/C13H12O5/c1-18-8-3-5-9-7(6-8)2-4-10(11(9)14)12(15)13(16)17/h3,5-6,14H,2,4H2,1H3,(H,16,17). The molecule has 5 heteroatoms. The average Bonchev–Trinajstić information content (AvgIpc) is 2.37. The first-order chi connectivity index (χ1) is 8.54. The molecule has 0 atom stereocenters. The van der Waals surface area contributed by atoms with Gasteiger partial charge in [0.25, 0.3) is 5.78 Å². The first-order valence-electron chi connectivity index (χ1n) is 5.41. The van der Waals surface area contributed by atoms with Gasteiger partial charge in [-0.3, -0.25) is 4.79 Å². The van der Waals surface area contributed by atoms with Crippen LogP contribution in [0.5, 0.6) is 5.75 Å². The maximum atomic E-state index is 11.4. The van der Waals surface area contributed by atoms with Crippen molar-refractivity contribution in [1.82, 2.24) is 0 Å². The molecule has 0 radical (unpaired) electrons. The predicted octanol–water partition coefficient (Wildman–Crippen LogP) is 1.56. The molecule has 0 spiro atoms. The molecule has 1 aromatic rings. The van der Waals surface area contributed by atoms with E-state index in [2.05, 4.69) is 0 Å². The molecule has 1 aliphatic rings. The molecule has 0 amide bonds. The topological polar surface area (TPSA) is 83.8 Å². The van der Waals surface area contributed by atoms with Crippen molar-refractivity contribution in [1.29, 1.82) is 0 Å². The highest BCUT2D eigenvalue weighted by atomic mass is 16.5. The van der Waals surface area contributed by atoms with Gasteiger partial charge in [-0.2, -0.15) is 0 Å². The number of hydrogen-bond donors (Lipinski definition) is 2. The van der Waals surface area contributed by atoms with Crippen molar-refractivity contribution in [2.45, 2.75) is 12.8 Å². The third-order valence-corrected chi connectivity index (χ3v) is 2.97. The second-order valence-corrected chi connectivity index (χ2v) is 3.98. The van der Waals surface area contributed by atoms with Crippen LogP contribution in [0.15, 0.2) is 23.8 Å². The SMILES string of the molecule is COc1ccc2c(c1)CCC(C(=O)C(=O)O)=C2O. The van der Waals surface area contributed by atoms with Crippen molar-refractivity contribution in [3.63, 3.8) is 0 Å². The molecule has 0 saturated carbocycles. The predicted molar refractivity (Wildman–Crippen MR) is 63.5 cm³/mol. The summed E-state index contributed by atoms with van der Waals surface area (Å²) in [6, 6.07) is 5.05. The minimum atomic E-state index is -1.55. The number of fused-ring (bicyclic) bond motifs is 1. The summed E-state index contributed by atoms with van der Waals surface area (Å²) >= 11 is 0. The summed E-state index contributed by atoms with van der Waals surface area (Å²) in [6.45, 7) is 0. The van der Waals surface area contributed by atoms with E-state index in [1.807, 2.05) is 0 Å². The number of aliphatic hydroxyl groups is 1. The molecule has 0 fully saturated rings. The number of ketones is 1. The number of methoxy groups -OCH3 is 1. The van der Waals surface area contributed by atoms with Crippen LogP contribution < -0.4 is 4.74 Å². The van der Waals surface area contributed by atoms with Crippen LogP contribution in [0.25, 0.3) is 5.76 Å². The first-order valence-corrected chi connectivity index (χ1v) is 5.41. The van der Waals surface area contributed by atoms with Crippen molar-refractivity contribution < 1.29 is 24.5 Å². The van der Waals surface area contributed by atoms with Crippen LogP contribution in [0, 0.1) is 0 Å². The molecule has 0 aliphatic heterocycles. The molecule has 18 heavy (non-hydrogen) atoms. The molecule has 1 aliphatic carbocycles. The normalized spacial score (nSPS) is 14.1. The fraction of sp³-hybridized carbons (Fsp3) is 0.231. The first kappa shape index (κ1) is 12.2. The summed E-state index contributed by atoms with van der Waals surface area (Å²) in [7, 11) is 1.54. The van der Waals surface area contributed by atoms with Crippen LogP contribution in [0.4, 0.5) is 0 Å². The number of benzene rings is 1. The highest BCUT2D eigenvalue weighted by Gasteiger charge is 2.27. The van der Waals surface area contributed by atoms with Gasteiger partial charge in [0.1, 0.15) is 11.5 Å². The number of aryl methyl sites for hydroxylation is 1. The van der Waals surface area contributed by atoms with Gasteiger partial charge in [0.2, 0.25) is 0 Å². The minimum absolute atomic E-state index is 0.0415. The molecule has 0 heterocycles. The lowest BCUT2D eigenvalue weighted by Crippen LogP contribution is -2.19. The Morgan fingerprint density at radius 2 is 2.00 bits per heavy atom. The molecule has 2 rings (SSSR count). The van der Waals surface area contributed by atoms with Crippen molar-refractivity contribution in [2.75, 3.05) is 7.11 Å². The van der Waals surface area contributed by atoms with E-state index in [1.165, 1.54) is 0 Å². The smallest absolute Gasteiger partial charge is 0.377 e. The molecule has 0 aromatic heterocycles. The molecular formula is C13H12O5. The van der Waals surface area contributed by atoms with Gasteiger partial charge in [-0.05, 0) is 36.6 Å². The summed E-state index contributed by atoms with van der Waals surface area (Å²) < 4.78 is 5.07. The summed E-state index contributed by atoms with van der Waals surface area (Å²) in [5.41, 5.74) is 1.29. The molecule has 0 bridgehead atoms. The van der Waals surface area contributed by atoms with Crippen LogP contribution in [0.3, 0.4) is 0 Å². The van der Waals surface area contributed by atoms with Crippen LogP contribution in [-0.2, 0) is 16.0 Å². The number of ether oxygens (including phenoxy) is 1. The highest BCUT2D eigenvalue weighted by molar-refractivity contribution is 6.41. The van der Waals surface area contributed by atoms with Gasteiger partial charge in [0, 0.05) is 11.1 Å². The second kappa shape index (κ2) is 4.52. The summed E-state index contributed by atoms with van der Waals surface area (Å²) in [5, 5.41) is 18.6. The maximum Gasteiger partial charge on any atom is 0.377 e. The lowest BCUT2D eigenvalue weighted by molar-refractivity contribution is -0.147. The Morgan fingerprint density at radius 1 is 1.28 bits per heavy atom. The monoisotopic (exact) mass is 248 g/mol. The molecular weight excluding hydrogens is 236 g/mol. The lowest BCUT2D eigenvalue weighted by atomic mass is 9.88. The van der Waals surface area contributed by atoms with Gasteiger partial charge >= 0.3 is 5.97 Å². The lowest BCUT2D eigenvalue weighted by Gasteiger charge is -2.18. The Balaban J connectivity index is 2.48. The number of carbonyl (C=O) groups is 2. The molecule has 0 unspecified atom stereocenters. The second-order valence-electron chi connectivity index (χ2n) is 3.98. The van der Waals surface area contributed by atoms with Gasteiger partial charge in [0.05, 0.1) is 7.11 Å². The summed E-state index contributed by atoms with van der Waals surface area (Å²) in [6.07, 6.45) is 0.724. The Labute approximate surface area is 103 Å². The highest BCUT2D eigenvalue weighted by Crippen LogP contribution is 2.32. The molecule has 94 valence electrons. The van der Waals surface area contributed by atoms with Crippen molar-refractivity contribution in [3.05, 3.63) is 34.9 Å². The molecule has 0 saturated heterocycles. The Kier molecular flexibility index (Phi) is 3.06. The zero-order chi connectivity index (χ0) is 13.3. The van der Waals surface area contributed by atoms with Gasteiger partial charge in [0.15, 0.2) is 0 Å². The van der Waals surface area contributed by atoms with Crippen molar-refractivity contribution >= 4 is 17.5 Å². The van der Waals surface area contributed by atoms with Crippen molar-refractivity contribution in [3.8, 4) is 5.75 Å². The Bertz CT molecular complexity index is 557. The van der Waals surface area contributed by atoms with E-state index in [1.54, 1.807) is 25.3 Å². The van der Waals surface area contributed by atoms with E-state index in [9.17, 15) is 14.7 Å². The van der Waals surface area contributed by atoms with Crippen LogP contribution >= 0.6 is 0 Å². The van der Waals surface area contributed by atoms with Crippen LogP contribution in [-0.4, -0.2) is 29.1 Å². The van der Waals surface area contributed by atoms with Gasteiger partial charge in [-0.15, -0.1) is 0 Å². The van der Waals surface area contributed by atoms with E-state index in [-0.39, 0.29) is 17.8 Å². The van der Waals surface area contributed by atoms with Crippen LogP contribution in [0.2, 0.25) is 0 Å². The fourth-order valence-electron chi connectivity index (χ4n) is 2.03. The largest absolute Gasteiger partial charge is 0.507 e. The van der Waals surface area contributed by atoms with Crippen molar-refractivity contribution in [2.24, 2.45) is 0 Å². The Morgan fingerprint density at radius 3 is 2.61 bits per heavy atom. The minimum Gasteiger partial charge on any atom is -0.507 e. The number of hydrogen-bond acceptors (Lipinski definition) is 4. The fourth-order valence-corrected chi connectivity index (χ4v) is 2.03. The van der Waals surface area contributed by atoms with E-state index in [4.69, 9.17) is 9.84 Å².